The summed E-state index contributed by atoms with van der Waals surface area (Å²) in [4.78, 5) is 0. The molecule has 0 saturated carbocycles. The number of para-hydroxylation sites is 1. The minimum Gasteiger partial charge on any atom is -0.279 e. The maximum atomic E-state index is 5.73. The van der Waals surface area contributed by atoms with Crippen LogP contribution in [0.5, 0.6) is 0 Å². The first kappa shape index (κ1) is 14.2. The van der Waals surface area contributed by atoms with E-state index in [9.17, 15) is 0 Å². The molecule has 0 amide bonds. The van der Waals surface area contributed by atoms with Crippen LogP contribution in [0.3, 0.4) is 0 Å². The van der Waals surface area contributed by atoms with Crippen molar-refractivity contribution in [1.82, 2.24) is 10.2 Å². The summed E-state index contributed by atoms with van der Waals surface area (Å²) in [5.74, 6) is 0. The van der Waals surface area contributed by atoms with Crippen molar-refractivity contribution in [3.05, 3.63) is 77.4 Å². The van der Waals surface area contributed by atoms with E-state index < -0.39 is 0 Å². The quantitative estimate of drug-likeness (QED) is 0.579. The van der Waals surface area contributed by atoms with Gasteiger partial charge in [-0.05, 0) is 29.8 Å². The van der Waals surface area contributed by atoms with Gasteiger partial charge in [-0.1, -0.05) is 54.1 Å². The van der Waals surface area contributed by atoms with Crippen LogP contribution in [0.4, 0.5) is 5.69 Å². The fourth-order valence-electron chi connectivity index (χ4n) is 1.90. The van der Waals surface area contributed by atoms with Crippen LogP contribution in [0, 0.1) is 0 Å². The highest BCUT2D eigenvalue weighted by molar-refractivity contribution is 6.29. The molecule has 0 aliphatic rings. The molecule has 0 unspecified atom stereocenters. The minimum atomic E-state index is 0.388. The second kappa shape index (κ2) is 6.83. The summed E-state index contributed by atoms with van der Waals surface area (Å²) in [5, 5.41) is 12.5. The normalized spacial score (nSPS) is 10.8. The van der Waals surface area contributed by atoms with Crippen molar-refractivity contribution in [3.8, 4) is 11.3 Å². The van der Waals surface area contributed by atoms with E-state index in [0.717, 1.165) is 22.5 Å². The molecular formula is C17H13ClN4. The summed E-state index contributed by atoms with van der Waals surface area (Å²) in [6.45, 7) is 0. The highest BCUT2D eigenvalue weighted by atomic mass is 35.5. The Morgan fingerprint density at radius 3 is 2.32 bits per heavy atom. The standard InChI is InChI=1S/C17H13ClN4/c18-17-11-10-16(21-22-17)14-8-6-13(7-9-14)12-19-20-15-4-2-1-3-5-15/h1-12,20H. The Bertz CT molecular complexity index is 753. The van der Waals surface area contributed by atoms with Gasteiger partial charge in [0.2, 0.25) is 0 Å². The van der Waals surface area contributed by atoms with Gasteiger partial charge in [0, 0.05) is 5.56 Å². The largest absolute Gasteiger partial charge is 0.279 e. The van der Waals surface area contributed by atoms with E-state index in [0.29, 0.717) is 5.15 Å². The predicted octanol–water partition coefficient (Wildman–Crippen LogP) is 4.24. The Balaban J connectivity index is 1.68. The van der Waals surface area contributed by atoms with E-state index >= 15 is 0 Å². The lowest BCUT2D eigenvalue weighted by Crippen LogP contribution is -1.91. The average Bonchev–Trinajstić information content (AvgIpc) is 2.57. The van der Waals surface area contributed by atoms with Gasteiger partial charge >= 0.3 is 0 Å². The third-order valence-corrected chi connectivity index (χ3v) is 3.22. The van der Waals surface area contributed by atoms with Gasteiger partial charge in [0.15, 0.2) is 5.15 Å². The second-order valence-electron chi connectivity index (χ2n) is 4.60. The Labute approximate surface area is 133 Å². The number of hydrazone groups is 1. The number of hydrogen-bond acceptors (Lipinski definition) is 4. The number of aromatic nitrogens is 2. The number of rotatable bonds is 4. The maximum Gasteiger partial charge on any atom is 0.151 e. The molecule has 108 valence electrons. The summed E-state index contributed by atoms with van der Waals surface area (Å²) >= 11 is 5.73. The number of nitrogens with one attached hydrogen (secondary N) is 1. The molecule has 5 heteroatoms. The number of halogens is 1. The lowest BCUT2D eigenvalue weighted by Gasteiger charge is -2.01. The molecule has 3 rings (SSSR count). The molecule has 0 aliphatic heterocycles. The van der Waals surface area contributed by atoms with Crippen LogP contribution < -0.4 is 5.43 Å². The van der Waals surface area contributed by atoms with Crippen molar-refractivity contribution in [2.75, 3.05) is 5.43 Å². The lowest BCUT2D eigenvalue weighted by molar-refractivity contribution is 1.04. The van der Waals surface area contributed by atoms with Gasteiger partial charge in [0.1, 0.15) is 0 Å². The summed E-state index contributed by atoms with van der Waals surface area (Å²) in [7, 11) is 0. The van der Waals surface area contributed by atoms with Crippen molar-refractivity contribution >= 4 is 23.5 Å². The topological polar surface area (TPSA) is 50.2 Å². The number of benzene rings is 2. The highest BCUT2D eigenvalue weighted by Crippen LogP contribution is 2.17. The predicted molar refractivity (Wildman–Crippen MR) is 90.1 cm³/mol. The molecule has 4 nitrogen and oxygen atoms in total. The summed E-state index contributed by atoms with van der Waals surface area (Å²) in [6, 6.07) is 21.3. The Hall–Kier alpha value is -2.72. The molecule has 1 heterocycles. The molecule has 22 heavy (non-hydrogen) atoms. The van der Waals surface area contributed by atoms with Crippen LogP contribution >= 0.6 is 11.6 Å². The SMILES string of the molecule is Clc1ccc(-c2ccc(C=NNc3ccccc3)cc2)nn1. The molecule has 1 aromatic heterocycles. The van der Waals surface area contributed by atoms with E-state index in [1.54, 1.807) is 12.3 Å². The Morgan fingerprint density at radius 2 is 1.64 bits per heavy atom. The van der Waals surface area contributed by atoms with Gasteiger partial charge in [-0.25, -0.2) is 0 Å². The molecule has 0 fully saturated rings. The smallest absolute Gasteiger partial charge is 0.151 e. The van der Waals surface area contributed by atoms with Gasteiger partial charge in [-0.15, -0.1) is 10.2 Å². The molecule has 0 saturated heterocycles. The van der Waals surface area contributed by atoms with Gasteiger partial charge in [-0.3, -0.25) is 5.43 Å². The van der Waals surface area contributed by atoms with E-state index in [1.807, 2.05) is 60.7 Å². The van der Waals surface area contributed by atoms with Crippen LogP contribution in [0.15, 0.2) is 71.8 Å². The molecule has 0 bridgehead atoms. The summed E-state index contributed by atoms with van der Waals surface area (Å²) in [5.41, 5.74) is 6.69. The third kappa shape index (κ3) is 3.68. The Kier molecular flexibility index (Phi) is 4.41. The number of anilines is 1. The zero-order valence-electron chi connectivity index (χ0n) is 11.6. The van der Waals surface area contributed by atoms with Crippen LogP contribution in [-0.2, 0) is 0 Å². The molecule has 0 spiro atoms. The first-order valence-electron chi connectivity index (χ1n) is 6.75. The molecule has 0 radical (unpaired) electrons. The maximum absolute atomic E-state index is 5.73. The lowest BCUT2D eigenvalue weighted by atomic mass is 10.1. The van der Waals surface area contributed by atoms with Gasteiger partial charge in [0.25, 0.3) is 0 Å². The van der Waals surface area contributed by atoms with Crippen molar-refractivity contribution in [3.63, 3.8) is 0 Å². The fourth-order valence-corrected chi connectivity index (χ4v) is 2.00. The first-order valence-corrected chi connectivity index (χ1v) is 7.13. The molecule has 0 aliphatic carbocycles. The molecule has 2 aromatic carbocycles. The van der Waals surface area contributed by atoms with E-state index in [1.165, 1.54) is 0 Å². The summed E-state index contributed by atoms with van der Waals surface area (Å²) in [6.07, 6.45) is 1.77. The van der Waals surface area contributed by atoms with Crippen LogP contribution in [-0.4, -0.2) is 16.4 Å². The monoisotopic (exact) mass is 308 g/mol. The molecule has 1 N–H and O–H groups in total. The van der Waals surface area contributed by atoms with Crippen molar-refractivity contribution < 1.29 is 0 Å². The third-order valence-electron chi connectivity index (χ3n) is 3.02. The molecule has 0 atom stereocenters. The zero-order valence-corrected chi connectivity index (χ0v) is 12.4. The number of hydrogen-bond donors (Lipinski definition) is 1. The van der Waals surface area contributed by atoms with Gasteiger partial charge in [0.05, 0.1) is 17.6 Å². The van der Waals surface area contributed by atoms with E-state index in [2.05, 4.69) is 20.7 Å². The van der Waals surface area contributed by atoms with Gasteiger partial charge in [-0.2, -0.15) is 5.10 Å². The fraction of sp³-hybridized carbons (Fsp3) is 0. The average molecular weight is 309 g/mol. The van der Waals surface area contributed by atoms with Crippen molar-refractivity contribution in [2.45, 2.75) is 0 Å². The van der Waals surface area contributed by atoms with Crippen LogP contribution in [0.1, 0.15) is 5.56 Å². The first-order chi connectivity index (χ1) is 10.8. The van der Waals surface area contributed by atoms with E-state index in [4.69, 9.17) is 11.6 Å². The highest BCUT2D eigenvalue weighted by Gasteiger charge is 2.00. The van der Waals surface area contributed by atoms with Crippen LogP contribution in [0.25, 0.3) is 11.3 Å². The van der Waals surface area contributed by atoms with E-state index in [-0.39, 0.29) is 0 Å². The minimum absolute atomic E-state index is 0.388. The zero-order chi connectivity index (χ0) is 15.2. The van der Waals surface area contributed by atoms with Gasteiger partial charge < -0.3 is 0 Å². The Morgan fingerprint density at radius 1 is 0.864 bits per heavy atom. The van der Waals surface area contributed by atoms with Crippen LogP contribution in [0.2, 0.25) is 5.15 Å². The summed E-state index contributed by atoms with van der Waals surface area (Å²) < 4.78 is 0. The van der Waals surface area contributed by atoms with Crippen molar-refractivity contribution in [2.24, 2.45) is 5.10 Å². The second-order valence-corrected chi connectivity index (χ2v) is 4.99. The molecule has 3 aromatic rings. The van der Waals surface area contributed by atoms with Crippen molar-refractivity contribution in [1.29, 1.82) is 0 Å². The number of nitrogens with zero attached hydrogens (tertiary/aromatic N) is 3. The molecular weight excluding hydrogens is 296 g/mol.